The van der Waals surface area contributed by atoms with Crippen LogP contribution in [0, 0.1) is 0 Å². The third-order valence-electron chi connectivity index (χ3n) is 5.07. The lowest BCUT2D eigenvalue weighted by molar-refractivity contribution is 0.619. The summed E-state index contributed by atoms with van der Waals surface area (Å²) in [5.74, 6) is 0.917. The third kappa shape index (κ3) is 1.74. The van der Waals surface area contributed by atoms with Crippen LogP contribution in [0.25, 0.3) is 49.5 Å². The molecule has 0 amide bonds. The van der Waals surface area contributed by atoms with Gasteiger partial charge in [-0.05, 0) is 42.5 Å². The lowest BCUT2D eigenvalue weighted by Crippen LogP contribution is -1.97. The topological polar surface area (TPSA) is 31.0 Å². The third-order valence-corrected chi connectivity index (χ3v) is 5.07. The number of rotatable bonds is 1. The van der Waals surface area contributed by atoms with E-state index < -0.39 is 0 Å². The fourth-order valence-electron chi connectivity index (χ4n) is 3.91. The Morgan fingerprint density at radius 3 is 2.54 bits per heavy atom. The molecule has 26 heavy (non-hydrogen) atoms. The van der Waals surface area contributed by atoms with E-state index in [1.807, 2.05) is 18.2 Å². The highest BCUT2D eigenvalue weighted by molar-refractivity contribution is 6.19. The van der Waals surface area contributed by atoms with Crippen LogP contribution in [-0.4, -0.2) is 9.55 Å². The van der Waals surface area contributed by atoms with Crippen LogP contribution in [0.2, 0.25) is 0 Å². The van der Waals surface area contributed by atoms with E-state index in [9.17, 15) is 0 Å². The molecule has 3 nitrogen and oxygen atoms in total. The van der Waals surface area contributed by atoms with Gasteiger partial charge in [0.05, 0.1) is 28.2 Å². The maximum Gasteiger partial charge on any atom is 0.143 e. The Labute approximate surface area is 149 Å². The zero-order chi connectivity index (χ0) is 17.1. The molecule has 0 unspecified atom stereocenters. The standard InChI is InChI=1S/C23H14N2O/c1-3-7-18-15(5-1)10-12-21(24-18)25-19-8-4-2-6-17(19)22-20(25)11-9-16-13-14-26-23(16)22/h1-14H. The molecule has 0 bridgehead atoms. The van der Waals surface area contributed by atoms with E-state index in [0.717, 1.165) is 44.1 Å². The number of benzene rings is 3. The number of hydrogen-bond donors (Lipinski definition) is 0. The van der Waals surface area contributed by atoms with Crippen molar-refractivity contribution >= 4 is 43.7 Å². The van der Waals surface area contributed by atoms with Gasteiger partial charge in [0.15, 0.2) is 0 Å². The smallest absolute Gasteiger partial charge is 0.143 e. The van der Waals surface area contributed by atoms with Crippen molar-refractivity contribution in [3.63, 3.8) is 0 Å². The Bertz CT molecular complexity index is 1440. The molecule has 0 atom stereocenters. The van der Waals surface area contributed by atoms with Gasteiger partial charge in [-0.25, -0.2) is 4.98 Å². The summed E-state index contributed by atoms with van der Waals surface area (Å²) >= 11 is 0. The number of pyridine rings is 1. The fraction of sp³-hybridized carbons (Fsp3) is 0. The fourth-order valence-corrected chi connectivity index (χ4v) is 3.91. The van der Waals surface area contributed by atoms with Crippen molar-refractivity contribution in [1.29, 1.82) is 0 Å². The number of para-hydroxylation sites is 2. The molecule has 0 radical (unpaired) electrons. The summed E-state index contributed by atoms with van der Waals surface area (Å²) in [5.41, 5.74) is 4.17. The minimum Gasteiger partial charge on any atom is -0.464 e. The van der Waals surface area contributed by atoms with Crippen molar-refractivity contribution < 1.29 is 4.42 Å². The molecule has 122 valence electrons. The Hall–Kier alpha value is -3.59. The van der Waals surface area contributed by atoms with Gasteiger partial charge in [-0.1, -0.05) is 36.4 Å². The first-order valence-electron chi connectivity index (χ1n) is 8.66. The van der Waals surface area contributed by atoms with Crippen LogP contribution >= 0.6 is 0 Å². The average molecular weight is 334 g/mol. The predicted octanol–water partition coefficient (Wildman–Crippen LogP) is 6.08. The molecule has 6 rings (SSSR count). The number of hydrogen-bond acceptors (Lipinski definition) is 2. The Morgan fingerprint density at radius 1 is 0.692 bits per heavy atom. The van der Waals surface area contributed by atoms with Gasteiger partial charge in [0.1, 0.15) is 11.4 Å². The van der Waals surface area contributed by atoms with Crippen LogP contribution in [0.1, 0.15) is 0 Å². The lowest BCUT2D eigenvalue weighted by Gasteiger charge is -2.08. The van der Waals surface area contributed by atoms with Crippen LogP contribution in [0.3, 0.4) is 0 Å². The highest BCUT2D eigenvalue weighted by atomic mass is 16.3. The average Bonchev–Trinajstić information content (AvgIpc) is 3.29. The molecule has 0 fully saturated rings. The zero-order valence-electron chi connectivity index (χ0n) is 13.9. The van der Waals surface area contributed by atoms with Gasteiger partial charge in [0.2, 0.25) is 0 Å². The first-order chi connectivity index (χ1) is 12.9. The predicted molar refractivity (Wildman–Crippen MR) is 106 cm³/mol. The highest BCUT2D eigenvalue weighted by Gasteiger charge is 2.16. The van der Waals surface area contributed by atoms with Crippen molar-refractivity contribution in [2.24, 2.45) is 0 Å². The van der Waals surface area contributed by atoms with E-state index in [4.69, 9.17) is 9.40 Å². The van der Waals surface area contributed by atoms with E-state index in [1.165, 1.54) is 5.39 Å². The van der Waals surface area contributed by atoms with E-state index in [1.54, 1.807) is 6.26 Å². The molecule has 3 aromatic heterocycles. The SMILES string of the molecule is c1ccc2nc(-n3c4ccccc4c4c5occc5ccc43)ccc2c1. The van der Waals surface area contributed by atoms with Gasteiger partial charge in [0.25, 0.3) is 0 Å². The second-order valence-corrected chi connectivity index (χ2v) is 6.51. The largest absolute Gasteiger partial charge is 0.464 e. The number of furan rings is 1. The van der Waals surface area contributed by atoms with Crippen molar-refractivity contribution in [2.45, 2.75) is 0 Å². The van der Waals surface area contributed by atoms with E-state index in [0.29, 0.717) is 0 Å². The summed E-state index contributed by atoms with van der Waals surface area (Å²) in [6, 6.07) is 27.1. The summed E-state index contributed by atoms with van der Waals surface area (Å²) in [7, 11) is 0. The normalized spacial score (nSPS) is 11.8. The molecule has 0 aliphatic carbocycles. The van der Waals surface area contributed by atoms with Crippen molar-refractivity contribution in [3.8, 4) is 5.82 Å². The monoisotopic (exact) mass is 334 g/mol. The Kier molecular flexibility index (Phi) is 2.61. The summed E-state index contributed by atoms with van der Waals surface area (Å²) < 4.78 is 8.05. The van der Waals surface area contributed by atoms with E-state index in [2.05, 4.69) is 65.2 Å². The summed E-state index contributed by atoms with van der Waals surface area (Å²) in [4.78, 5) is 4.92. The number of fused-ring (bicyclic) bond motifs is 6. The molecule has 0 saturated carbocycles. The minimum absolute atomic E-state index is 0.917. The summed E-state index contributed by atoms with van der Waals surface area (Å²) in [6.07, 6.45) is 1.75. The number of nitrogens with zero attached hydrogens (tertiary/aromatic N) is 2. The molecule has 0 N–H and O–H groups in total. The molecule has 0 spiro atoms. The van der Waals surface area contributed by atoms with Crippen molar-refractivity contribution in [3.05, 3.63) is 85.1 Å². The van der Waals surface area contributed by atoms with Crippen LogP contribution < -0.4 is 0 Å². The first-order valence-corrected chi connectivity index (χ1v) is 8.66. The highest BCUT2D eigenvalue weighted by Crippen LogP contribution is 2.36. The van der Waals surface area contributed by atoms with Gasteiger partial charge in [-0.15, -0.1) is 0 Å². The Balaban J connectivity index is 1.81. The van der Waals surface area contributed by atoms with Crippen molar-refractivity contribution in [2.75, 3.05) is 0 Å². The second kappa shape index (κ2) is 4.96. The van der Waals surface area contributed by atoms with Crippen molar-refractivity contribution in [1.82, 2.24) is 9.55 Å². The van der Waals surface area contributed by atoms with Gasteiger partial charge in [-0.2, -0.15) is 0 Å². The molecule has 0 saturated heterocycles. The summed E-state index contributed by atoms with van der Waals surface area (Å²) in [5, 5.41) is 4.58. The minimum atomic E-state index is 0.917. The summed E-state index contributed by atoms with van der Waals surface area (Å²) in [6.45, 7) is 0. The maximum atomic E-state index is 5.82. The van der Waals surface area contributed by atoms with Gasteiger partial charge >= 0.3 is 0 Å². The molecule has 3 aromatic carbocycles. The molecular weight excluding hydrogens is 320 g/mol. The van der Waals surface area contributed by atoms with Crippen LogP contribution in [0.15, 0.2) is 89.5 Å². The Morgan fingerprint density at radius 2 is 1.54 bits per heavy atom. The van der Waals surface area contributed by atoms with Gasteiger partial charge in [0, 0.05) is 16.2 Å². The van der Waals surface area contributed by atoms with Crippen LogP contribution in [0.4, 0.5) is 0 Å². The van der Waals surface area contributed by atoms with Gasteiger partial charge in [-0.3, -0.25) is 4.57 Å². The number of aromatic nitrogens is 2. The molecule has 6 aromatic rings. The van der Waals surface area contributed by atoms with Crippen LogP contribution in [0.5, 0.6) is 0 Å². The van der Waals surface area contributed by atoms with E-state index in [-0.39, 0.29) is 0 Å². The zero-order valence-corrected chi connectivity index (χ0v) is 13.9. The first kappa shape index (κ1) is 13.7. The van der Waals surface area contributed by atoms with Gasteiger partial charge < -0.3 is 4.42 Å². The maximum absolute atomic E-state index is 5.82. The second-order valence-electron chi connectivity index (χ2n) is 6.51. The molecular formula is C23H14N2O. The molecule has 3 heteroatoms. The quantitative estimate of drug-likeness (QED) is 0.365. The van der Waals surface area contributed by atoms with Crippen LogP contribution in [-0.2, 0) is 0 Å². The molecule has 3 heterocycles. The molecule has 0 aliphatic rings. The lowest BCUT2D eigenvalue weighted by atomic mass is 10.1. The molecule has 0 aliphatic heterocycles. The van der Waals surface area contributed by atoms with E-state index >= 15 is 0 Å².